The Morgan fingerprint density at radius 3 is 2.55 bits per heavy atom. The number of amides is 1. The van der Waals surface area contributed by atoms with Gasteiger partial charge in [0.2, 0.25) is 5.82 Å². The number of carbonyl (C=O) groups is 2. The van der Waals surface area contributed by atoms with Gasteiger partial charge in [-0.15, -0.1) is 0 Å². The lowest BCUT2D eigenvalue weighted by Crippen LogP contribution is -2.30. The van der Waals surface area contributed by atoms with Gasteiger partial charge < -0.3 is 24.0 Å². The number of carbonyl (C=O) groups excluding carboxylic acids is 1. The van der Waals surface area contributed by atoms with E-state index in [1.807, 2.05) is 50.2 Å². The van der Waals surface area contributed by atoms with Crippen LogP contribution in [-0.2, 0) is 21.6 Å². The van der Waals surface area contributed by atoms with Crippen LogP contribution in [0.3, 0.4) is 0 Å². The predicted octanol–water partition coefficient (Wildman–Crippen LogP) is 6.29. The van der Waals surface area contributed by atoms with E-state index < -0.39 is 5.97 Å². The van der Waals surface area contributed by atoms with E-state index in [2.05, 4.69) is 43.0 Å². The molecule has 1 saturated heterocycles. The first-order valence-electron chi connectivity index (χ1n) is 13.8. The summed E-state index contributed by atoms with van der Waals surface area (Å²) in [5.74, 6) is 0.870. The van der Waals surface area contributed by atoms with Crippen molar-refractivity contribution in [2.24, 2.45) is 11.8 Å². The van der Waals surface area contributed by atoms with Gasteiger partial charge >= 0.3 is 12.1 Å². The van der Waals surface area contributed by atoms with E-state index in [1.54, 1.807) is 4.90 Å². The maximum Gasteiger partial charge on any atom is 0.409 e. The molecular formula is C31H39N3O6. The Hall–Kier alpha value is -3.88. The summed E-state index contributed by atoms with van der Waals surface area (Å²) < 4.78 is 16.9. The van der Waals surface area contributed by atoms with Crippen molar-refractivity contribution >= 4 is 12.1 Å². The third-order valence-electron chi connectivity index (χ3n) is 7.09. The minimum atomic E-state index is -0.846. The number of hydrogen-bond acceptors (Lipinski definition) is 7. The second-order valence-corrected chi connectivity index (χ2v) is 11.9. The molecule has 1 N–H and O–H groups in total. The molecular weight excluding hydrogens is 510 g/mol. The average molecular weight is 550 g/mol. The molecule has 1 fully saturated rings. The van der Waals surface area contributed by atoms with Crippen LogP contribution in [0, 0.1) is 11.8 Å². The fraction of sp³-hybridized carbons (Fsp3) is 0.484. The van der Waals surface area contributed by atoms with Crippen molar-refractivity contribution in [3.8, 4) is 17.2 Å². The SMILES string of the molecule is CC(C)COC(=O)N1C[C@H](CCC(=O)O)[C@H](c2cccc(OCc3noc(-c4ccc(C(C)(C)C)cc4)n3)c2)C1. The normalized spacial score (nSPS) is 17.3. The van der Waals surface area contributed by atoms with Crippen LogP contribution < -0.4 is 4.74 Å². The summed E-state index contributed by atoms with van der Waals surface area (Å²) in [6.07, 6.45) is 0.164. The topological polar surface area (TPSA) is 115 Å². The minimum absolute atomic E-state index is 0.00221. The summed E-state index contributed by atoms with van der Waals surface area (Å²) in [4.78, 5) is 30.1. The van der Waals surface area contributed by atoms with Gasteiger partial charge in [-0.3, -0.25) is 4.79 Å². The van der Waals surface area contributed by atoms with Crippen LogP contribution in [0.25, 0.3) is 11.5 Å². The summed E-state index contributed by atoms with van der Waals surface area (Å²) in [7, 11) is 0. The fourth-order valence-electron chi connectivity index (χ4n) is 4.85. The number of rotatable bonds is 10. The zero-order valence-corrected chi connectivity index (χ0v) is 23.9. The highest BCUT2D eigenvalue weighted by atomic mass is 16.6. The van der Waals surface area contributed by atoms with Gasteiger partial charge in [0.1, 0.15) is 5.75 Å². The van der Waals surface area contributed by atoms with Crippen molar-refractivity contribution in [2.45, 2.75) is 65.4 Å². The van der Waals surface area contributed by atoms with Crippen LogP contribution in [0.4, 0.5) is 4.79 Å². The minimum Gasteiger partial charge on any atom is -0.485 e. The number of benzene rings is 2. The largest absolute Gasteiger partial charge is 0.485 e. The van der Waals surface area contributed by atoms with E-state index in [4.69, 9.17) is 14.0 Å². The smallest absolute Gasteiger partial charge is 0.409 e. The summed E-state index contributed by atoms with van der Waals surface area (Å²) in [5, 5.41) is 13.3. The molecule has 0 unspecified atom stereocenters. The molecule has 4 rings (SSSR count). The van der Waals surface area contributed by atoms with Gasteiger partial charge in [0, 0.05) is 31.0 Å². The predicted molar refractivity (Wildman–Crippen MR) is 150 cm³/mol. The maximum absolute atomic E-state index is 12.6. The number of aromatic nitrogens is 2. The van der Waals surface area contributed by atoms with Gasteiger partial charge in [0.15, 0.2) is 6.61 Å². The number of ether oxygens (including phenoxy) is 2. The Balaban J connectivity index is 1.42. The van der Waals surface area contributed by atoms with Crippen molar-refractivity contribution in [2.75, 3.05) is 19.7 Å². The molecule has 0 bridgehead atoms. The van der Waals surface area contributed by atoms with Gasteiger partial charge in [0.25, 0.3) is 5.89 Å². The molecule has 0 saturated carbocycles. The second-order valence-electron chi connectivity index (χ2n) is 11.9. The van der Waals surface area contributed by atoms with Gasteiger partial charge in [-0.25, -0.2) is 4.79 Å². The van der Waals surface area contributed by atoms with Crippen molar-refractivity contribution in [1.82, 2.24) is 15.0 Å². The highest BCUT2D eigenvalue weighted by Crippen LogP contribution is 2.37. The Kier molecular flexibility index (Phi) is 9.12. The molecule has 9 heteroatoms. The number of nitrogens with zero attached hydrogens (tertiary/aromatic N) is 3. The molecule has 3 aromatic rings. The average Bonchev–Trinajstić information content (AvgIpc) is 3.57. The van der Waals surface area contributed by atoms with Crippen molar-refractivity contribution in [3.05, 3.63) is 65.5 Å². The molecule has 1 aromatic heterocycles. The van der Waals surface area contributed by atoms with Crippen molar-refractivity contribution in [1.29, 1.82) is 0 Å². The number of hydrogen-bond donors (Lipinski definition) is 1. The molecule has 2 atom stereocenters. The first-order valence-corrected chi connectivity index (χ1v) is 13.8. The molecule has 2 heterocycles. The number of carboxylic acids is 1. The molecule has 40 heavy (non-hydrogen) atoms. The molecule has 0 spiro atoms. The summed E-state index contributed by atoms with van der Waals surface area (Å²) in [5.41, 5.74) is 3.12. The molecule has 0 radical (unpaired) electrons. The number of aliphatic carboxylic acids is 1. The van der Waals surface area contributed by atoms with Crippen LogP contribution in [0.5, 0.6) is 5.75 Å². The van der Waals surface area contributed by atoms with E-state index in [9.17, 15) is 14.7 Å². The first kappa shape index (κ1) is 29.1. The molecule has 214 valence electrons. The van der Waals surface area contributed by atoms with Crippen molar-refractivity contribution < 1.29 is 28.7 Å². The first-order chi connectivity index (χ1) is 19.0. The highest BCUT2D eigenvalue weighted by Gasteiger charge is 2.37. The Morgan fingerprint density at radius 1 is 1.12 bits per heavy atom. The summed E-state index contributed by atoms with van der Waals surface area (Å²) >= 11 is 0. The second kappa shape index (κ2) is 12.5. The Morgan fingerprint density at radius 2 is 1.88 bits per heavy atom. The van der Waals surface area contributed by atoms with Gasteiger partial charge in [-0.05, 0) is 59.1 Å². The van der Waals surface area contributed by atoms with Gasteiger partial charge in [-0.1, -0.05) is 64.0 Å². The molecule has 2 aromatic carbocycles. The third kappa shape index (κ3) is 7.61. The summed E-state index contributed by atoms with van der Waals surface area (Å²) in [6, 6.07) is 15.8. The zero-order valence-electron chi connectivity index (χ0n) is 23.9. The van der Waals surface area contributed by atoms with E-state index in [0.29, 0.717) is 43.6 Å². The van der Waals surface area contributed by atoms with Crippen LogP contribution in [0.2, 0.25) is 0 Å². The Bertz CT molecular complexity index is 1290. The molecule has 9 nitrogen and oxygen atoms in total. The van der Waals surface area contributed by atoms with Crippen LogP contribution in [-0.4, -0.2) is 51.9 Å². The van der Waals surface area contributed by atoms with Gasteiger partial charge in [-0.2, -0.15) is 4.98 Å². The fourth-order valence-corrected chi connectivity index (χ4v) is 4.85. The highest BCUT2D eigenvalue weighted by molar-refractivity contribution is 5.69. The van der Waals surface area contributed by atoms with E-state index in [-0.39, 0.29) is 42.3 Å². The van der Waals surface area contributed by atoms with Gasteiger partial charge in [0.05, 0.1) is 6.61 Å². The maximum atomic E-state index is 12.6. The van der Waals surface area contributed by atoms with Crippen LogP contribution in [0.1, 0.15) is 70.3 Å². The number of likely N-dealkylation sites (tertiary alicyclic amines) is 1. The molecule has 0 aliphatic carbocycles. The molecule has 1 aliphatic heterocycles. The van der Waals surface area contributed by atoms with E-state index in [1.165, 1.54) is 5.56 Å². The zero-order chi connectivity index (χ0) is 28.9. The standard InChI is InChI=1S/C31H39N3O6/c1-20(2)18-39-30(37)34-16-23(11-14-28(35)36)26(17-34)22-7-6-8-25(15-22)38-19-27-32-29(40-33-27)21-9-12-24(13-10-21)31(3,4)5/h6-10,12-13,15,20,23,26H,11,14,16-19H2,1-5H3,(H,35,36)/t23-,26-/m0/s1. The van der Waals surface area contributed by atoms with E-state index in [0.717, 1.165) is 11.1 Å². The quantitative estimate of drug-likeness (QED) is 0.314. The lowest BCUT2D eigenvalue weighted by atomic mass is 9.86. The number of carboxylic acid groups (broad SMARTS) is 1. The van der Waals surface area contributed by atoms with Crippen LogP contribution in [0.15, 0.2) is 53.1 Å². The molecule has 1 amide bonds. The summed E-state index contributed by atoms with van der Waals surface area (Å²) in [6.45, 7) is 11.9. The van der Waals surface area contributed by atoms with Crippen LogP contribution >= 0.6 is 0 Å². The lowest BCUT2D eigenvalue weighted by molar-refractivity contribution is -0.137. The van der Waals surface area contributed by atoms with Crippen molar-refractivity contribution in [3.63, 3.8) is 0 Å². The lowest BCUT2D eigenvalue weighted by Gasteiger charge is -2.18. The Labute approximate surface area is 235 Å². The monoisotopic (exact) mass is 549 g/mol. The molecule has 1 aliphatic rings. The third-order valence-corrected chi connectivity index (χ3v) is 7.09. The van der Waals surface area contributed by atoms with E-state index >= 15 is 0 Å².